The largest absolute Gasteiger partial charge is 0.493 e. The van der Waals surface area contributed by atoms with Crippen LogP contribution in [0.2, 0.25) is 0 Å². The average Bonchev–Trinajstić information content (AvgIpc) is 2.67. The summed E-state index contributed by atoms with van der Waals surface area (Å²) in [6, 6.07) is 11.3. The topological polar surface area (TPSA) is 60.0 Å². The molecule has 0 fully saturated rings. The normalized spacial score (nSPS) is 10.9. The second-order valence-electron chi connectivity index (χ2n) is 6.51. The molecular weight excluding hydrogens is 356 g/mol. The van der Waals surface area contributed by atoms with Crippen LogP contribution in [0.5, 0.6) is 17.2 Å². The van der Waals surface area contributed by atoms with E-state index in [1.54, 1.807) is 26.4 Å². The summed E-state index contributed by atoms with van der Waals surface area (Å²) in [6.07, 6.45) is 3.19. The van der Waals surface area contributed by atoms with Gasteiger partial charge in [0.05, 0.1) is 14.2 Å². The number of ether oxygens (including phenoxy) is 3. The Bertz CT molecular complexity index is 831. The van der Waals surface area contributed by atoms with Crippen molar-refractivity contribution < 1.29 is 19.0 Å². The van der Waals surface area contributed by atoms with E-state index >= 15 is 0 Å². The molecule has 0 aliphatic carbocycles. The lowest BCUT2D eigenvalue weighted by Gasteiger charge is -2.17. The zero-order chi connectivity index (χ0) is 20.5. The van der Waals surface area contributed by atoms with Gasteiger partial charge in [0.2, 0.25) is 11.7 Å². The van der Waals surface area contributed by atoms with Gasteiger partial charge in [-0.25, -0.2) is 0 Å². The molecule has 0 aliphatic rings. The molecule has 2 rings (SSSR count). The first-order chi connectivity index (χ1) is 13.5. The zero-order valence-electron chi connectivity index (χ0n) is 17.1. The van der Waals surface area contributed by atoms with Crippen LogP contribution in [0.25, 0.3) is 6.08 Å². The predicted octanol–water partition coefficient (Wildman–Crippen LogP) is 3.60. The molecule has 0 aliphatic heterocycles. The van der Waals surface area contributed by atoms with Crippen LogP contribution in [0.15, 0.2) is 42.5 Å². The van der Waals surface area contributed by atoms with Gasteiger partial charge in [0.15, 0.2) is 11.5 Å². The number of amides is 1. The van der Waals surface area contributed by atoms with E-state index in [2.05, 4.69) is 5.32 Å². The first-order valence-electron chi connectivity index (χ1n) is 9.03. The first kappa shape index (κ1) is 21.3. The molecule has 0 atom stereocenters. The van der Waals surface area contributed by atoms with E-state index in [1.807, 2.05) is 56.3 Å². The van der Waals surface area contributed by atoms with Gasteiger partial charge in [-0.1, -0.05) is 18.2 Å². The molecule has 6 heteroatoms. The maximum absolute atomic E-state index is 12.3. The highest BCUT2D eigenvalue weighted by molar-refractivity contribution is 6.02. The van der Waals surface area contributed by atoms with Crippen LogP contribution < -0.4 is 19.5 Å². The van der Waals surface area contributed by atoms with Gasteiger partial charge in [-0.2, -0.15) is 0 Å². The summed E-state index contributed by atoms with van der Waals surface area (Å²) < 4.78 is 16.8. The number of carbonyl (C=O) groups excluding carboxylic acids is 1. The van der Waals surface area contributed by atoms with Gasteiger partial charge in [0.1, 0.15) is 6.61 Å². The summed E-state index contributed by atoms with van der Waals surface area (Å²) in [5, 5.41) is 2.88. The minimum atomic E-state index is -0.219. The fourth-order valence-corrected chi connectivity index (χ4v) is 2.58. The SMILES string of the molecule is COc1ccc(/C=C/C(=O)Nc2ccccc2C)c(OCCN(C)C)c1OC. The predicted molar refractivity (Wildman–Crippen MR) is 112 cm³/mol. The monoisotopic (exact) mass is 384 g/mol. The molecule has 0 spiro atoms. The van der Waals surface area contributed by atoms with E-state index in [4.69, 9.17) is 14.2 Å². The number of carbonyl (C=O) groups is 1. The number of benzene rings is 2. The molecule has 0 saturated carbocycles. The smallest absolute Gasteiger partial charge is 0.248 e. The number of nitrogens with one attached hydrogen (secondary N) is 1. The molecule has 6 nitrogen and oxygen atoms in total. The summed E-state index contributed by atoms with van der Waals surface area (Å²) in [4.78, 5) is 14.4. The van der Waals surface area contributed by atoms with Gasteiger partial charge in [-0.15, -0.1) is 0 Å². The molecule has 0 aromatic heterocycles. The molecule has 150 valence electrons. The highest BCUT2D eigenvalue weighted by atomic mass is 16.5. The van der Waals surface area contributed by atoms with Crippen molar-refractivity contribution in [2.75, 3.05) is 46.8 Å². The van der Waals surface area contributed by atoms with Crippen molar-refractivity contribution in [3.8, 4) is 17.2 Å². The van der Waals surface area contributed by atoms with Crippen molar-refractivity contribution in [2.24, 2.45) is 0 Å². The minimum Gasteiger partial charge on any atom is -0.493 e. The number of hydrogen-bond donors (Lipinski definition) is 1. The number of para-hydroxylation sites is 1. The fraction of sp³-hybridized carbons (Fsp3) is 0.318. The molecular formula is C22H28N2O4. The lowest BCUT2D eigenvalue weighted by atomic mass is 10.1. The van der Waals surface area contributed by atoms with Crippen LogP contribution in [0.1, 0.15) is 11.1 Å². The number of likely N-dealkylation sites (N-methyl/N-ethyl adjacent to an activating group) is 1. The van der Waals surface area contributed by atoms with Crippen LogP contribution in [0, 0.1) is 6.92 Å². The van der Waals surface area contributed by atoms with E-state index in [1.165, 1.54) is 6.08 Å². The summed E-state index contributed by atoms with van der Waals surface area (Å²) in [5.41, 5.74) is 2.52. The lowest BCUT2D eigenvalue weighted by molar-refractivity contribution is -0.111. The number of hydrogen-bond acceptors (Lipinski definition) is 5. The van der Waals surface area contributed by atoms with Gasteiger partial charge in [0.25, 0.3) is 0 Å². The van der Waals surface area contributed by atoms with Gasteiger partial charge < -0.3 is 24.4 Å². The maximum Gasteiger partial charge on any atom is 0.248 e. The Morgan fingerprint density at radius 1 is 1.07 bits per heavy atom. The summed E-state index contributed by atoms with van der Waals surface area (Å²) >= 11 is 0. The number of methoxy groups -OCH3 is 2. The van der Waals surface area contributed by atoms with E-state index in [-0.39, 0.29) is 5.91 Å². The highest BCUT2D eigenvalue weighted by Crippen LogP contribution is 2.40. The van der Waals surface area contributed by atoms with E-state index in [9.17, 15) is 4.79 Å². The van der Waals surface area contributed by atoms with Crippen LogP contribution in [-0.4, -0.2) is 52.3 Å². The Hall–Kier alpha value is -2.99. The maximum atomic E-state index is 12.3. The van der Waals surface area contributed by atoms with Crippen LogP contribution >= 0.6 is 0 Å². The van der Waals surface area contributed by atoms with Crippen LogP contribution in [-0.2, 0) is 4.79 Å². The highest BCUT2D eigenvalue weighted by Gasteiger charge is 2.15. The molecule has 2 aromatic rings. The fourth-order valence-electron chi connectivity index (χ4n) is 2.58. The lowest BCUT2D eigenvalue weighted by Crippen LogP contribution is -2.19. The van der Waals surface area contributed by atoms with Crippen molar-refractivity contribution >= 4 is 17.7 Å². The molecule has 0 unspecified atom stereocenters. The van der Waals surface area contributed by atoms with Gasteiger partial charge >= 0.3 is 0 Å². The van der Waals surface area contributed by atoms with Crippen molar-refractivity contribution in [3.63, 3.8) is 0 Å². The number of anilines is 1. The van der Waals surface area contributed by atoms with E-state index in [0.29, 0.717) is 23.9 Å². The third kappa shape index (κ3) is 5.76. The van der Waals surface area contributed by atoms with Gasteiger partial charge in [-0.3, -0.25) is 4.79 Å². The van der Waals surface area contributed by atoms with Crippen molar-refractivity contribution in [1.29, 1.82) is 0 Å². The van der Waals surface area contributed by atoms with E-state index in [0.717, 1.165) is 23.4 Å². The average molecular weight is 384 g/mol. The molecule has 1 N–H and O–H groups in total. The summed E-state index contributed by atoms with van der Waals surface area (Å²) in [7, 11) is 7.09. The second-order valence-corrected chi connectivity index (χ2v) is 6.51. The molecule has 2 aromatic carbocycles. The summed E-state index contributed by atoms with van der Waals surface area (Å²) in [6.45, 7) is 3.18. The quantitative estimate of drug-likeness (QED) is 0.670. The Morgan fingerprint density at radius 2 is 1.82 bits per heavy atom. The first-order valence-corrected chi connectivity index (χ1v) is 9.03. The van der Waals surface area contributed by atoms with Crippen molar-refractivity contribution in [1.82, 2.24) is 4.90 Å². The van der Waals surface area contributed by atoms with Gasteiger partial charge in [0, 0.05) is 23.9 Å². The minimum absolute atomic E-state index is 0.219. The van der Waals surface area contributed by atoms with Crippen LogP contribution in [0.3, 0.4) is 0 Å². The molecule has 1 amide bonds. The van der Waals surface area contributed by atoms with E-state index < -0.39 is 0 Å². The third-order valence-corrected chi connectivity index (χ3v) is 4.13. The number of aryl methyl sites for hydroxylation is 1. The zero-order valence-corrected chi connectivity index (χ0v) is 17.1. The molecule has 0 heterocycles. The van der Waals surface area contributed by atoms with Crippen molar-refractivity contribution in [3.05, 3.63) is 53.6 Å². The molecule has 0 bridgehead atoms. The molecule has 0 radical (unpaired) electrons. The Balaban J connectivity index is 2.23. The number of nitrogens with zero attached hydrogens (tertiary/aromatic N) is 1. The molecule has 28 heavy (non-hydrogen) atoms. The van der Waals surface area contributed by atoms with Gasteiger partial charge in [-0.05, 0) is 50.9 Å². The standard InChI is InChI=1S/C22H28N2O4/c1-16-8-6-7-9-18(16)23-20(25)13-11-17-10-12-19(26-4)22(27-5)21(17)28-15-14-24(2)3/h6-13H,14-15H2,1-5H3,(H,23,25)/b13-11+. The Morgan fingerprint density at radius 3 is 2.46 bits per heavy atom. The Kier molecular flexibility index (Phi) is 7.89. The third-order valence-electron chi connectivity index (χ3n) is 4.13. The molecule has 0 saturated heterocycles. The summed E-state index contributed by atoms with van der Waals surface area (Å²) in [5.74, 6) is 1.40. The van der Waals surface area contributed by atoms with Crippen LogP contribution in [0.4, 0.5) is 5.69 Å². The van der Waals surface area contributed by atoms with Crippen molar-refractivity contribution in [2.45, 2.75) is 6.92 Å². The Labute approximate surface area is 166 Å². The second kappa shape index (κ2) is 10.4. The number of rotatable bonds is 9.